The van der Waals surface area contributed by atoms with Crippen LogP contribution in [-0.4, -0.2) is 33.3 Å². The van der Waals surface area contributed by atoms with Gasteiger partial charge in [0.2, 0.25) is 0 Å². The summed E-state index contributed by atoms with van der Waals surface area (Å²) in [6.07, 6.45) is 1.55. The molecule has 1 amide bonds. The zero-order valence-corrected chi connectivity index (χ0v) is 10.4. The number of benzene rings is 1. The molecular formula is C11H14FNO3S. The second kappa shape index (κ2) is 5.77. The van der Waals surface area contributed by atoms with E-state index in [1.54, 1.807) is 13.2 Å². The first kappa shape index (κ1) is 13.6. The zero-order chi connectivity index (χ0) is 13.0. The van der Waals surface area contributed by atoms with Gasteiger partial charge in [0.15, 0.2) is 0 Å². The Morgan fingerprint density at radius 3 is 2.76 bits per heavy atom. The molecule has 1 rings (SSSR count). The molecule has 2 atom stereocenters. The second-order valence-corrected chi connectivity index (χ2v) is 5.48. The lowest BCUT2D eigenvalue weighted by atomic mass is 10.2. The minimum absolute atomic E-state index is 0.000449. The number of hydrogen-bond donors (Lipinski definition) is 2. The maximum Gasteiger partial charge on any atom is 0.255 e. The van der Waals surface area contributed by atoms with Crippen LogP contribution in [0, 0.1) is 5.82 Å². The van der Waals surface area contributed by atoms with E-state index in [1.165, 1.54) is 6.07 Å². The summed E-state index contributed by atoms with van der Waals surface area (Å²) in [7, 11) is -1.03. The molecule has 0 radical (unpaired) electrons. The van der Waals surface area contributed by atoms with E-state index in [2.05, 4.69) is 5.32 Å². The molecule has 4 nitrogen and oxygen atoms in total. The van der Waals surface area contributed by atoms with Gasteiger partial charge in [-0.3, -0.25) is 9.00 Å². The first-order chi connectivity index (χ1) is 7.91. The normalized spacial score (nSPS) is 14.1. The Labute approximate surface area is 101 Å². The first-order valence-electron chi connectivity index (χ1n) is 5.00. The van der Waals surface area contributed by atoms with Crippen LogP contribution in [-0.2, 0) is 10.8 Å². The standard InChI is InChI=1S/C11H14FNO3S/c1-7(17(2)16)6-13-11(15)9-4-3-8(12)5-10(9)14/h3-5,7,14H,6H2,1-2H3,(H,13,15). The lowest BCUT2D eigenvalue weighted by molar-refractivity contribution is 0.0951. The van der Waals surface area contributed by atoms with Gasteiger partial charge in [-0.2, -0.15) is 0 Å². The Bertz CT molecular complexity index is 450. The molecule has 6 heteroatoms. The fourth-order valence-electron chi connectivity index (χ4n) is 1.15. The monoisotopic (exact) mass is 259 g/mol. The van der Waals surface area contributed by atoms with E-state index >= 15 is 0 Å². The van der Waals surface area contributed by atoms with Gasteiger partial charge in [0.25, 0.3) is 5.91 Å². The number of hydrogen-bond acceptors (Lipinski definition) is 3. The zero-order valence-electron chi connectivity index (χ0n) is 9.57. The predicted octanol–water partition coefficient (Wildman–Crippen LogP) is 1.03. The number of halogens is 1. The third kappa shape index (κ3) is 3.81. The van der Waals surface area contributed by atoms with Gasteiger partial charge in [0.05, 0.1) is 5.56 Å². The fourth-order valence-corrected chi connectivity index (χ4v) is 1.46. The Kier molecular flexibility index (Phi) is 4.62. The summed E-state index contributed by atoms with van der Waals surface area (Å²) in [4.78, 5) is 11.6. The number of aromatic hydroxyl groups is 1. The fraction of sp³-hybridized carbons (Fsp3) is 0.364. The summed E-state index contributed by atoms with van der Waals surface area (Å²) in [6, 6.07) is 3.17. The molecule has 0 bridgehead atoms. The third-order valence-corrected chi connectivity index (χ3v) is 3.62. The van der Waals surface area contributed by atoms with Crippen LogP contribution in [0.1, 0.15) is 17.3 Å². The van der Waals surface area contributed by atoms with Crippen molar-refractivity contribution in [3.63, 3.8) is 0 Å². The van der Waals surface area contributed by atoms with E-state index in [-0.39, 0.29) is 17.4 Å². The molecule has 0 fully saturated rings. The SMILES string of the molecule is CC(CNC(=O)c1ccc(F)cc1O)S(C)=O. The van der Waals surface area contributed by atoms with Crippen LogP contribution >= 0.6 is 0 Å². The van der Waals surface area contributed by atoms with Crippen molar-refractivity contribution in [2.75, 3.05) is 12.8 Å². The van der Waals surface area contributed by atoms with Crippen molar-refractivity contribution in [1.82, 2.24) is 5.32 Å². The third-order valence-electron chi connectivity index (χ3n) is 2.32. The van der Waals surface area contributed by atoms with Crippen molar-refractivity contribution in [3.8, 4) is 5.75 Å². The lowest BCUT2D eigenvalue weighted by Crippen LogP contribution is -2.32. The van der Waals surface area contributed by atoms with E-state index in [0.29, 0.717) is 0 Å². The topological polar surface area (TPSA) is 66.4 Å². The van der Waals surface area contributed by atoms with E-state index in [0.717, 1.165) is 12.1 Å². The summed E-state index contributed by atoms with van der Waals surface area (Å²) >= 11 is 0. The van der Waals surface area contributed by atoms with Crippen molar-refractivity contribution < 1.29 is 18.5 Å². The van der Waals surface area contributed by atoms with Crippen LogP contribution in [0.2, 0.25) is 0 Å². The maximum atomic E-state index is 12.7. The maximum absolute atomic E-state index is 12.7. The van der Waals surface area contributed by atoms with Crippen LogP contribution in [0.3, 0.4) is 0 Å². The number of phenolic OH excluding ortho intramolecular Hbond substituents is 1. The Hall–Kier alpha value is -1.43. The van der Waals surface area contributed by atoms with E-state index in [9.17, 15) is 18.5 Å². The van der Waals surface area contributed by atoms with Crippen molar-refractivity contribution in [1.29, 1.82) is 0 Å². The highest BCUT2D eigenvalue weighted by atomic mass is 32.2. The van der Waals surface area contributed by atoms with Crippen LogP contribution in [0.4, 0.5) is 4.39 Å². The molecule has 0 aliphatic rings. The van der Waals surface area contributed by atoms with Gasteiger partial charge in [-0.05, 0) is 19.1 Å². The van der Waals surface area contributed by atoms with Crippen LogP contribution in [0.5, 0.6) is 5.75 Å². The van der Waals surface area contributed by atoms with E-state index in [4.69, 9.17) is 0 Å². The van der Waals surface area contributed by atoms with Crippen molar-refractivity contribution in [2.45, 2.75) is 12.2 Å². The molecule has 0 aromatic heterocycles. The molecule has 0 spiro atoms. The van der Waals surface area contributed by atoms with Gasteiger partial charge < -0.3 is 10.4 Å². The summed E-state index contributed by atoms with van der Waals surface area (Å²) in [5, 5.41) is 11.7. The van der Waals surface area contributed by atoms with Gasteiger partial charge in [0, 0.05) is 34.9 Å². The van der Waals surface area contributed by atoms with Crippen LogP contribution in [0.15, 0.2) is 18.2 Å². The first-order valence-corrected chi connectivity index (χ1v) is 6.63. The van der Waals surface area contributed by atoms with Crippen molar-refractivity contribution in [2.24, 2.45) is 0 Å². The Morgan fingerprint density at radius 1 is 1.59 bits per heavy atom. The molecule has 2 unspecified atom stereocenters. The highest BCUT2D eigenvalue weighted by Gasteiger charge is 2.13. The number of amides is 1. The summed E-state index contributed by atoms with van der Waals surface area (Å²) < 4.78 is 23.8. The van der Waals surface area contributed by atoms with E-state index in [1.807, 2.05) is 0 Å². The van der Waals surface area contributed by atoms with Crippen molar-refractivity contribution >= 4 is 16.7 Å². The van der Waals surface area contributed by atoms with Gasteiger partial charge >= 0.3 is 0 Å². The molecule has 0 saturated heterocycles. The highest BCUT2D eigenvalue weighted by molar-refractivity contribution is 7.84. The van der Waals surface area contributed by atoms with Gasteiger partial charge in [-0.15, -0.1) is 0 Å². The average molecular weight is 259 g/mol. The number of phenols is 1. The number of carbonyl (C=O) groups excluding carboxylic acids is 1. The largest absolute Gasteiger partial charge is 0.507 e. The Balaban J connectivity index is 2.67. The molecule has 17 heavy (non-hydrogen) atoms. The molecule has 1 aromatic carbocycles. The molecule has 2 N–H and O–H groups in total. The lowest BCUT2D eigenvalue weighted by Gasteiger charge is -2.10. The van der Waals surface area contributed by atoms with E-state index < -0.39 is 28.3 Å². The average Bonchev–Trinajstić information content (AvgIpc) is 2.25. The molecule has 0 aliphatic heterocycles. The molecule has 0 saturated carbocycles. The minimum atomic E-state index is -1.03. The summed E-state index contributed by atoms with van der Waals surface area (Å²) in [6.45, 7) is 1.97. The molecule has 0 aliphatic carbocycles. The summed E-state index contributed by atoms with van der Waals surface area (Å²) in [5.74, 6) is -1.53. The molecule has 0 heterocycles. The smallest absolute Gasteiger partial charge is 0.255 e. The summed E-state index contributed by atoms with van der Waals surface area (Å²) in [5.41, 5.74) is 0.000449. The second-order valence-electron chi connectivity index (χ2n) is 3.68. The van der Waals surface area contributed by atoms with Crippen LogP contribution in [0.25, 0.3) is 0 Å². The van der Waals surface area contributed by atoms with Crippen LogP contribution < -0.4 is 5.32 Å². The van der Waals surface area contributed by atoms with Gasteiger partial charge in [-0.1, -0.05) is 0 Å². The highest BCUT2D eigenvalue weighted by Crippen LogP contribution is 2.17. The molecule has 94 valence electrons. The van der Waals surface area contributed by atoms with Gasteiger partial charge in [-0.25, -0.2) is 4.39 Å². The number of rotatable bonds is 4. The van der Waals surface area contributed by atoms with Gasteiger partial charge in [0.1, 0.15) is 11.6 Å². The molecular weight excluding hydrogens is 245 g/mol. The minimum Gasteiger partial charge on any atom is -0.507 e. The predicted molar refractivity (Wildman–Crippen MR) is 63.9 cm³/mol. The number of carbonyl (C=O) groups is 1. The van der Waals surface area contributed by atoms with Crippen molar-refractivity contribution in [3.05, 3.63) is 29.6 Å². The quantitative estimate of drug-likeness (QED) is 0.848. The molecule has 1 aromatic rings. The Morgan fingerprint density at radius 2 is 2.24 bits per heavy atom. The number of nitrogens with one attached hydrogen (secondary N) is 1.